The quantitative estimate of drug-likeness (QED) is 0.722. The van der Waals surface area contributed by atoms with Gasteiger partial charge in [0.05, 0.1) is 13.2 Å². The fourth-order valence-electron chi connectivity index (χ4n) is 2.06. The molecular formula is C16H21N3O3. The number of carbonyl (C=O) groups excluding carboxylic acids is 1. The number of hydrogen-bond donors (Lipinski definition) is 2. The Bertz CT molecular complexity index is 610. The summed E-state index contributed by atoms with van der Waals surface area (Å²) in [5.41, 5.74) is 0.524. The summed E-state index contributed by atoms with van der Waals surface area (Å²) in [5, 5.41) is 11.3. The van der Waals surface area contributed by atoms with Gasteiger partial charge in [-0.05, 0) is 31.5 Å². The van der Waals surface area contributed by atoms with Crippen LogP contribution in [0, 0.1) is 6.92 Å². The van der Waals surface area contributed by atoms with Crippen molar-refractivity contribution in [2.45, 2.75) is 19.9 Å². The summed E-state index contributed by atoms with van der Waals surface area (Å²) in [4.78, 5) is 16.0. The second kappa shape index (κ2) is 8.19. The normalized spacial score (nSPS) is 10.5. The van der Waals surface area contributed by atoms with E-state index in [-0.39, 0.29) is 19.1 Å². The number of carbonyl (C=O) groups is 1. The summed E-state index contributed by atoms with van der Waals surface area (Å²) >= 11 is 0. The number of ether oxygens (including phenoxy) is 1. The van der Waals surface area contributed by atoms with E-state index in [2.05, 4.69) is 14.9 Å². The lowest BCUT2D eigenvalue weighted by atomic mass is 10.2. The Morgan fingerprint density at radius 3 is 3.05 bits per heavy atom. The van der Waals surface area contributed by atoms with Crippen LogP contribution >= 0.6 is 0 Å². The van der Waals surface area contributed by atoms with Crippen LogP contribution in [0.1, 0.15) is 22.6 Å². The SMILES string of the molecule is Cc1nccn1CCCOc1cccc(C(=O)NCCO)c1. The molecule has 22 heavy (non-hydrogen) atoms. The van der Waals surface area contributed by atoms with Gasteiger partial charge in [0, 0.05) is 31.0 Å². The minimum atomic E-state index is -0.214. The lowest BCUT2D eigenvalue weighted by molar-refractivity contribution is 0.0944. The third kappa shape index (κ3) is 4.60. The van der Waals surface area contributed by atoms with Gasteiger partial charge in [0.25, 0.3) is 5.91 Å². The largest absolute Gasteiger partial charge is 0.494 e. The van der Waals surface area contributed by atoms with Gasteiger partial charge >= 0.3 is 0 Å². The number of aliphatic hydroxyl groups excluding tert-OH is 1. The average Bonchev–Trinajstić information content (AvgIpc) is 2.94. The van der Waals surface area contributed by atoms with Crippen molar-refractivity contribution in [2.24, 2.45) is 0 Å². The zero-order valence-corrected chi connectivity index (χ0v) is 12.7. The predicted octanol–water partition coefficient (Wildman–Crippen LogP) is 1.38. The fraction of sp³-hybridized carbons (Fsp3) is 0.375. The highest BCUT2D eigenvalue weighted by atomic mass is 16.5. The minimum Gasteiger partial charge on any atom is -0.494 e. The molecule has 6 nitrogen and oxygen atoms in total. The molecule has 0 aliphatic carbocycles. The Kier molecular flexibility index (Phi) is 5.97. The number of aryl methyl sites for hydroxylation is 2. The number of imidazole rings is 1. The molecule has 0 spiro atoms. The second-order valence-corrected chi connectivity index (χ2v) is 4.88. The summed E-state index contributed by atoms with van der Waals surface area (Å²) in [7, 11) is 0. The van der Waals surface area contributed by atoms with Gasteiger partial charge in [0.15, 0.2) is 0 Å². The summed E-state index contributed by atoms with van der Waals surface area (Å²) in [6.45, 7) is 3.56. The van der Waals surface area contributed by atoms with E-state index in [0.29, 0.717) is 17.9 Å². The molecule has 0 atom stereocenters. The van der Waals surface area contributed by atoms with Crippen molar-refractivity contribution in [3.05, 3.63) is 48.0 Å². The van der Waals surface area contributed by atoms with Crippen LogP contribution in [0.15, 0.2) is 36.7 Å². The monoisotopic (exact) mass is 303 g/mol. The van der Waals surface area contributed by atoms with Crippen molar-refractivity contribution in [3.8, 4) is 5.75 Å². The molecule has 2 N–H and O–H groups in total. The number of nitrogens with zero attached hydrogens (tertiary/aromatic N) is 2. The van der Waals surface area contributed by atoms with Crippen LogP contribution in [-0.2, 0) is 6.54 Å². The Morgan fingerprint density at radius 2 is 2.32 bits per heavy atom. The molecule has 118 valence electrons. The molecule has 1 aromatic heterocycles. The van der Waals surface area contributed by atoms with Crippen LogP contribution in [-0.4, -0.2) is 40.3 Å². The topological polar surface area (TPSA) is 76.4 Å². The van der Waals surface area contributed by atoms with Crippen molar-refractivity contribution in [1.82, 2.24) is 14.9 Å². The van der Waals surface area contributed by atoms with Crippen molar-refractivity contribution >= 4 is 5.91 Å². The summed E-state index contributed by atoms with van der Waals surface area (Å²) in [6, 6.07) is 7.03. The zero-order chi connectivity index (χ0) is 15.8. The van der Waals surface area contributed by atoms with Gasteiger partial charge < -0.3 is 19.7 Å². The molecule has 0 unspecified atom stereocenters. The molecule has 1 amide bonds. The molecule has 0 aliphatic rings. The van der Waals surface area contributed by atoms with E-state index in [9.17, 15) is 4.79 Å². The average molecular weight is 303 g/mol. The molecule has 0 radical (unpaired) electrons. The zero-order valence-electron chi connectivity index (χ0n) is 12.7. The first-order chi connectivity index (χ1) is 10.7. The van der Waals surface area contributed by atoms with Crippen LogP contribution in [0.5, 0.6) is 5.75 Å². The van der Waals surface area contributed by atoms with Gasteiger partial charge in [-0.2, -0.15) is 0 Å². The van der Waals surface area contributed by atoms with Gasteiger partial charge in [-0.1, -0.05) is 6.07 Å². The number of benzene rings is 1. The molecule has 0 aliphatic heterocycles. The van der Waals surface area contributed by atoms with E-state index in [1.807, 2.05) is 19.2 Å². The van der Waals surface area contributed by atoms with E-state index in [4.69, 9.17) is 9.84 Å². The molecule has 0 bridgehead atoms. The van der Waals surface area contributed by atoms with Crippen molar-refractivity contribution in [2.75, 3.05) is 19.8 Å². The smallest absolute Gasteiger partial charge is 0.251 e. The number of rotatable bonds is 8. The van der Waals surface area contributed by atoms with Crippen LogP contribution < -0.4 is 10.1 Å². The summed E-state index contributed by atoms with van der Waals surface area (Å²) in [6.07, 6.45) is 4.59. The van der Waals surface area contributed by atoms with Crippen LogP contribution in [0.25, 0.3) is 0 Å². The van der Waals surface area contributed by atoms with Gasteiger partial charge in [-0.3, -0.25) is 4.79 Å². The molecule has 2 aromatic rings. The highest BCUT2D eigenvalue weighted by Crippen LogP contribution is 2.13. The third-order valence-corrected chi connectivity index (χ3v) is 3.23. The molecule has 0 saturated heterocycles. The molecule has 1 aromatic carbocycles. The molecule has 6 heteroatoms. The third-order valence-electron chi connectivity index (χ3n) is 3.23. The van der Waals surface area contributed by atoms with Crippen molar-refractivity contribution < 1.29 is 14.6 Å². The summed E-state index contributed by atoms with van der Waals surface area (Å²) < 4.78 is 7.75. The second-order valence-electron chi connectivity index (χ2n) is 4.88. The Morgan fingerprint density at radius 1 is 1.45 bits per heavy atom. The molecule has 0 saturated carbocycles. The van der Waals surface area contributed by atoms with E-state index in [1.54, 1.807) is 24.4 Å². The maximum atomic E-state index is 11.8. The van der Waals surface area contributed by atoms with Crippen molar-refractivity contribution in [3.63, 3.8) is 0 Å². The molecular weight excluding hydrogens is 282 g/mol. The van der Waals surface area contributed by atoms with Crippen LogP contribution in [0.2, 0.25) is 0 Å². The number of nitrogens with one attached hydrogen (secondary N) is 1. The predicted molar refractivity (Wildman–Crippen MR) is 82.9 cm³/mol. The minimum absolute atomic E-state index is 0.0738. The van der Waals surface area contributed by atoms with E-state index in [0.717, 1.165) is 18.8 Å². The first-order valence-electron chi connectivity index (χ1n) is 7.30. The number of amides is 1. The fourth-order valence-corrected chi connectivity index (χ4v) is 2.06. The van der Waals surface area contributed by atoms with Gasteiger partial charge in [0.1, 0.15) is 11.6 Å². The van der Waals surface area contributed by atoms with E-state index in [1.165, 1.54) is 0 Å². The number of aliphatic hydroxyl groups is 1. The molecule has 2 rings (SSSR count). The maximum Gasteiger partial charge on any atom is 0.251 e. The van der Waals surface area contributed by atoms with Crippen LogP contribution in [0.4, 0.5) is 0 Å². The standard InChI is InChI=1S/C16H21N3O3/c1-13-17-6-9-19(13)8-3-11-22-15-5-2-4-14(12-15)16(21)18-7-10-20/h2,4-6,9,12,20H,3,7-8,10-11H2,1H3,(H,18,21). The number of aromatic nitrogens is 2. The Hall–Kier alpha value is -2.34. The van der Waals surface area contributed by atoms with Crippen molar-refractivity contribution in [1.29, 1.82) is 0 Å². The van der Waals surface area contributed by atoms with Gasteiger partial charge in [-0.25, -0.2) is 4.98 Å². The number of hydrogen-bond acceptors (Lipinski definition) is 4. The Balaban J connectivity index is 1.80. The van der Waals surface area contributed by atoms with Gasteiger partial charge in [0.2, 0.25) is 0 Å². The lowest BCUT2D eigenvalue weighted by Gasteiger charge is -2.09. The highest BCUT2D eigenvalue weighted by Gasteiger charge is 2.06. The summed E-state index contributed by atoms with van der Waals surface area (Å²) in [5.74, 6) is 1.44. The Labute approximate surface area is 129 Å². The highest BCUT2D eigenvalue weighted by molar-refractivity contribution is 5.94. The van der Waals surface area contributed by atoms with Gasteiger partial charge in [-0.15, -0.1) is 0 Å². The molecule has 1 heterocycles. The molecule has 0 fully saturated rings. The maximum absolute atomic E-state index is 11.8. The first kappa shape index (κ1) is 16.0. The van der Waals surface area contributed by atoms with Crippen LogP contribution in [0.3, 0.4) is 0 Å². The lowest BCUT2D eigenvalue weighted by Crippen LogP contribution is -2.26. The van der Waals surface area contributed by atoms with E-state index >= 15 is 0 Å². The first-order valence-corrected chi connectivity index (χ1v) is 7.30. The van der Waals surface area contributed by atoms with E-state index < -0.39 is 0 Å².